The van der Waals surface area contributed by atoms with Gasteiger partial charge in [-0.1, -0.05) is 27.3 Å². The Morgan fingerprint density at radius 3 is 2.88 bits per heavy atom. The average Bonchev–Trinajstić information content (AvgIpc) is 3.29. The van der Waals surface area contributed by atoms with Gasteiger partial charge in [-0.15, -0.1) is 0 Å². The van der Waals surface area contributed by atoms with Crippen LogP contribution in [0.2, 0.25) is 0 Å². The molecule has 3 heterocycles. The number of aromatic nitrogens is 1. The van der Waals surface area contributed by atoms with Crippen LogP contribution in [-0.4, -0.2) is 35.0 Å². The molecule has 0 aliphatic carbocycles. The van der Waals surface area contributed by atoms with Crippen LogP contribution in [-0.2, 0) is 11.3 Å². The predicted molar refractivity (Wildman–Crippen MR) is 126 cm³/mol. The fraction of sp³-hybridized carbons (Fsp3) is 0.136. The molecule has 3 aromatic rings. The fourth-order valence-electron chi connectivity index (χ4n) is 3.43. The van der Waals surface area contributed by atoms with Gasteiger partial charge in [-0.2, -0.15) is 0 Å². The van der Waals surface area contributed by atoms with Crippen molar-refractivity contribution in [3.8, 4) is 17.4 Å². The number of anilines is 1. The number of nitrogens with zero attached hydrogens (tertiary/aromatic N) is 2. The van der Waals surface area contributed by atoms with E-state index in [4.69, 9.17) is 9.47 Å². The molecule has 0 atom stereocenters. The average molecular weight is 514 g/mol. The van der Waals surface area contributed by atoms with Crippen LogP contribution in [0.4, 0.5) is 11.4 Å². The zero-order chi connectivity index (χ0) is 22.2. The third-order valence-corrected chi connectivity index (χ3v) is 6.33. The summed E-state index contributed by atoms with van der Waals surface area (Å²) in [6.07, 6.45) is 3.37. The molecule has 2 N–H and O–H groups in total. The summed E-state index contributed by atoms with van der Waals surface area (Å²) in [5, 5.41) is 13.3. The van der Waals surface area contributed by atoms with Gasteiger partial charge in [0.2, 0.25) is 11.8 Å². The Hall–Kier alpha value is -3.37. The summed E-state index contributed by atoms with van der Waals surface area (Å²) in [6.45, 7) is 0.592. The third kappa shape index (κ3) is 3.94. The lowest BCUT2D eigenvalue weighted by Gasteiger charge is -2.19. The van der Waals surface area contributed by atoms with Crippen LogP contribution >= 0.6 is 27.3 Å². The van der Waals surface area contributed by atoms with E-state index in [1.807, 2.05) is 18.2 Å². The first kappa shape index (κ1) is 20.5. The van der Waals surface area contributed by atoms with E-state index in [2.05, 4.69) is 26.2 Å². The highest BCUT2D eigenvalue weighted by Crippen LogP contribution is 2.36. The maximum atomic E-state index is 12.5. The van der Waals surface area contributed by atoms with Gasteiger partial charge in [0.15, 0.2) is 11.5 Å². The normalized spacial score (nSPS) is 15.1. The SMILES string of the molecule is O=C(Cn1c(O)c(C=C2C=Nc3ccc(Br)cc32)sc1=O)Nc1ccc2c(c1)OCCO2. The second kappa shape index (κ2) is 8.29. The van der Waals surface area contributed by atoms with E-state index in [9.17, 15) is 14.7 Å². The van der Waals surface area contributed by atoms with Crippen LogP contribution in [0.3, 0.4) is 0 Å². The zero-order valence-electron chi connectivity index (χ0n) is 16.5. The molecule has 0 spiro atoms. The number of carbonyl (C=O) groups excluding carboxylic acids is 1. The van der Waals surface area contributed by atoms with E-state index in [1.165, 1.54) is 0 Å². The highest BCUT2D eigenvalue weighted by molar-refractivity contribution is 9.10. The van der Waals surface area contributed by atoms with Gasteiger partial charge in [0.05, 0.1) is 10.6 Å². The van der Waals surface area contributed by atoms with Crippen LogP contribution in [0.1, 0.15) is 10.4 Å². The molecule has 10 heteroatoms. The topological polar surface area (TPSA) is 102 Å². The van der Waals surface area contributed by atoms with Crippen molar-refractivity contribution >= 4 is 62.4 Å². The van der Waals surface area contributed by atoms with E-state index >= 15 is 0 Å². The monoisotopic (exact) mass is 513 g/mol. The van der Waals surface area contributed by atoms with Gasteiger partial charge < -0.3 is 19.9 Å². The molecule has 0 saturated carbocycles. The van der Waals surface area contributed by atoms with Gasteiger partial charge in [-0.3, -0.25) is 19.1 Å². The molecule has 162 valence electrons. The zero-order valence-corrected chi connectivity index (χ0v) is 18.9. The van der Waals surface area contributed by atoms with Gasteiger partial charge in [-0.05, 0) is 36.4 Å². The largest absolute Gasteiger partial charge is 0.493 e. The second-order valence-electron chi connectivity index (χ2n) is 7.07. The lowest BCUT2D eigenvalue weighted by molar-refractivity contribution is -0.116. The van der Waals surface area contributed by atoms with Crippen LogP contribution in [0, 0.1) is 0 Å². The number of fused-ring (bicyclic) bond motifs is 2. The van der Waals surface area contributed by atoms with Crippen LogP contribution in [0.5, 0.6) is 17.4 Å². The number of hydrogen-bond donors (Lipinski definition) is 2. The number of thiazole rings is 1. The van der Waals surface area contributed by atoms with Crippen molar-refractivity contribution in [3.63, 3.8) is 0 Å². The molecule has 0 bridgehead atoms. The van der Waals surface area contributed by atoms with Crippen LogP contribution in [0.15, 0.2) is 50.7 Å². The van der Waals surface area contributed by atoms with Crippen molar-refractivity contribution in [2.75, 3.05) is 18.5 Å². The summed E-state index contributed by atoms with van der Waals surface area (Å²) in [4.78, 5) is 29.2. The number of amides is 1. The van der Waals surface area contributed by atoms with Crippen molar-refractivity contribution in [3.05, 3.63) is 61.0 Å². The van der Waals surface area contributed by atoms with Crippen molar-refractivity contribution in [2.24, 2.45) is 4.99 Å². The quantitative estimate of drug-likeness (QED) is 0.547. The summed E-state index contributed by atoms with van der Waals surface area (Å²) >= 11 is 4.30. The Bertz CT molecular complexity index is 1360. The molecule has 0 unspecified atom stereocenters. The predicted octanol–water partition coefficient (Wildman–Crippen LogP) is 4.04. The van der Waals surface area contributed by atoms with E-state index in [0.717, 1.165) is 37.2 Å². The van der Waals surface area contributed by atoms with E-state index in [0.29, 0.717) is 35.3 Å². The van der Waals surface area contributed by atoms with E-state index in [-0.39, 0.29) is 12.4 Å². The lowest BCUT2D eigenvalue weighted by atomic mass is 10.1. The van der Waals surface area contributed by atoms with Crippen molar-refractivity contribution in [1.82, 2.24) is 4.57 Å². The molecule has 2 aliphatic rings. The number of halogens is 1. The summed E-state index contributed by atoms with van der Waals surface area (Å²) in [7, 11) is 0. The first-order valence-corrected chi connectivity index (χ1v) is 11.3. The molecule has 2 aliphatic heterocycles. The van der Waals surface area contributed by atoms with Crippen molar-refractivity contribution in [2.45, 2.75) is 6.54 Å². The Kier molecular flexibility index (Phi) is 5.32. The summed E-state index contributed by atoms with van der Waals surface area (Å²) < 4.78 is 12.9. The highest BCUT2D eigenvalue weighted by Gasteiger charge is 2.19. The molecule has 0 saturated heterocycles. The first-order valence-electron chi connectivity index (χ1n) is 9.66. The molecule has 32 heavy (non-hydrogen) atoms. The Balaban J connectivity index is 1.35. The Morgan fingerprint density at radius 1 is 1.22 bits per heavy atom. The lowest BCUT2D eigenvalue weighted by Crippen LogP contribution is -2.24. The van der Waals surface area contributed by atoms with E-state index < -0.39 is 10.8 Å². The molecular weight excluding hydrogens is 498 g/mol. The molecule has 8 nitrogen and oxygen atoms in total. The van der Waals surface area contributed by atoms with E-state index in [1.54, 1.807) is 30.5 Å². The number of aliphatic imine (C=N–C) groups is 1. The summed E-state index contributed by atoms with van der Waals surface area (Å²) in [5.41, 5.74) is 2.98. The molecule has 1 aromatic heterocycles. The Morgan fingerprint density at radius 2 is 2.03 bits per heavy atom. The number of ether oxygens (including phenoxy) is 2. The molecular formula is C22H16BrN3O5S. The van der Waals surface area contributed by atoms with Crippen LogP contribution < -0.4 is 19.7 Å². The molecule has 1 amide bonds. The number of allylic oxidation sites excluding steroid dienone is 1. The minimum Gasteiger partial charge on any atom is -0.493 e. The van der Waals surface area contributed by atoms with Gasteiger partial charge in [-0.25, -0.2) is 0 Å². The second-order valence-corrected chi connectivity index (χ2v) is 8.98. The third-order valence-electron chi connectivity index (χ3n) is 4.92. The Labute approximate surface area is 194 Å². The van der Waals surface area contributed by atoms with Crippen molar-refractivity contribution in [1.29, 1.82) is 0 Å². The first-order chi connectivity index (χ1) is 15.5. The fourth-order valence-corrected chi connectivity index (χ4v) is 4.63. The number of hydrogen-bond acceptors (Lipinski definition) is 7. The summed E-state index contributed by atoms with van der Waals surface area (Å²) in [6, 6.07) is 10.8. The maximum absolute atomic E-state index is 12.5. The van der Waals surface area contributed by atoms with Gasteiger partial charge in [0, 0.05) is 33.6 Å². The number of carbonyl (C=O) groups is 1. The molecule has 2 aromatic carbocycles. The highest BCUT2D eigenvalue weighted by atomic mass is 79.9. The smallest absolute Gasteiger partial charge is 0.311 e. The van der Waals surface area contributed by atoms with Crippen molar-refractivity contribution < 1.29 is 19.4 Å². The number of nitrogens with one attached hydrogen (secondary N) is 1. The number of rotatable bonds is 4. The molecule has 0 radical (unpaired) electrons. The minimum absolute atomic E-state index is 0.262. The minimum atomic E-state index is -0.451. The van der Waals surface area contributed by atoms with Gasteiger partial charge in [0.1, 0.15) is 19.8 Å². The van der Waals surface area contributed by atoms with Crippen LogP contribution in [0.25, 0.3) is 11.6 Å². The standard InChI is InChI=1S/C22H16BrN3O5S/c23-13-1-3-16-15(8-13)12(10-24-16)7-19-21(28)26(22(29)32-19)11-20(27)25-14-2-4-17-18(9-14)31-6-5-30-17/h1-4,7-10,28H,5-6,11H2,(H,25,27). The number of benzene rings is 2. The maximum Gasteiger partial charge on any atom is 0.311 e. The summed E-state index contributed by atoms with van der Waals surface area (Å²) in [5.74, 6) is 0.445. The molecule has 5 rings (SSSR count). The molecule has 0 fully saturated rings. The van der Waals surface area contributed by atoms with Gasteiger partial charge in [0.25, 0.3) is 0 Å². The number of aromatic hydroxyl groups is 1. The van der Waals surface area contributed by atoms with Gasteiger partial charge >= 0.3 is 4.87 Å².